The summed E-state index contributed by atoms with van der Waals surface area (Å²) < 4.78 is 13.1. The molecular formula is C15H13Cl3FN. The average molecular weight is 333 g/mol. The first-order valence-electron chi connectivity index (χ1n) is 6.07. The normalized spacial score (nSPS) is 12.4. The van der Waals surface area contributed by atoms with Crippen molar-refractivity contribution in [2.75, 3.05) is 7.05 Å². The predicted molar refractivity (Wildman–Crippen MR) is 83.4 cm³/mol. The minimum Gasteiger partial charge on any atom is -0.313 e. The van der Waals surface area contributed by atoms with E-state index in [9.17, 15) is 4.39 Å². The van der Waals surface area contributed by atoms with Crippen molar-refractivity contribution in [3.63, 3.8) is 0 Å². The highest BCUT2D eigenvalue weighted by molar-refractivity contribution is 6.42. The molecule has 1 atom stereocenters. The molecule has 2 rings (SSSR count). The molecule has 0 aliphatic carbocycles. The quantitative estimate of drug-likeness (QED) is 0.802. The Balaban J connectivity index is 2.26. The molecule has 1 N–H and O–H groups in total. The van der Waals surface area contributed by atoms with Gasteiger partial charge in [-0.2, -0.15) is 0 Å². The Hall–Kier alpha value is -0.800. The molecule has 0 saturated heterocycles. The van der Waals surface area contributed by atoms with Crippen LogP contribution in [0.1, 0.15) is 17.2 Å². The van der Waals surface area contributed by atoms with Gasteiger partial charge in [0, 0.05) is 11.1 Å². The Morgan fingerprint density at radius 1 is 1.00 bits per heavy atom. The molecule has 2 aromatic carbocycles. The van der Waals surface area contributed by atoms with E-state index in [0.717, 1.165) is 11.1 Å². The van der Waals surface area contributed by atoms with Gasteiger partial charge in [-0.15, -0.1) is 0 Å². The zero-order valence-electron chi connectivity index (χ0n) is 10.8. The van der Waals surface area contributed by atoms with E-state index in [1.165, 1.54) is 12.1 Å². The van der Waals surface area contributed by atoms with Crippen LogP contribution in [0.4, 0.5) is 4.39 Å². The molecule has 0 aliphatic heterocycles. The lowest BCUT2D eigenvalue weighted by atomic mass is 9.99. The molecular weight excluding hydrogens is 320 g/mol. The summed E-state index contributed by atoms with van der Waals surface area (Å²) in [6, 6.07) is 9.88. The summed E-state index contributed by atoms with van der Waals surface area (Å²) in [7, 11) is 1.84. The number of hydrogen-bond acceptors (Lipinski definition) is 1. The van der Waals surface area contributed by atoms with Crippen molar-refractivity contribution < 1.29 is 4.39 Å². The van der Waals surface area contributed by atoms with Crippen LogP contribution in [0.15, 0.2) is 36.4 Å². The standard InChI is InChI=1S/C15H13Cl3FN/c1-20-15(11-4-3-10(19)8-13(11)17)7-9-2-5-12(16)14(18)6-9/h2-6,8,15,20H,7H2,1H3. The van der Waals surface area contributed by atoms with Crippen LogP contribution in [0.25, 0.3) is 0 Å². The minimum atomic E-state index is -0.344. The van der Waals surface area contributed by atoms with Gasteiger partial charge in [-0.05, 0) is 48.9 Å². The first kappa shape index (κ1) is 15.6. The van der Waals surface area contributed by atoms with Crippen molar-refractivity contribution in [1.82, 2.24) is 5.32 Å². The van der Waals surface area contributed by atoms with Gasteiger partial charge in [0.25, 0.3) is 0 Å². The van der Waals surface area contributed by atoms with E-state index in [-0.39, 0.29) is 11.9 Å². The third-order valence-corrected chi connectivity index (χ3v) is 4.18. The van der Waals surface area contributed by atoms with E-state index in [0.29, 0.717) is 21.5 Å². The molecule has 0 amide bonds. The molecule has 0 saturated carbocycles. The first-order valence-corrected chi connectivity index (χ1v) is 7.21. The molecule has 0 radical (unpaired) electrons. The molecule has 5 heteroatoms. The van der Waals surface area contributed by atoms with Gasteiger partial charge in [-0.3, -0.25) is 0 Å². The highest BCUT2D eigenvalue weighted by Gasteiger charge is 2.14. The second-order valence-corrected chi connectivity index (χ2v) is 5.68. The third-order valence-electron chi connectivity index (χ3n) is 3.11. The lowest BCUT2D eigenvalue weighted by molar-refractivity contribution is 0.586. The molecule has 0 aliphatic rings. The van der Waals surface area contributed by atoms with Crippen molar-refractivity contribution in [1.29, 1.82) is 0 Å². The molecule has 106 valence electrons. The van der Waals surface area contributed by atoms with Crippen LogP contribution in [0.5, 0.6) is 0 Å². The van der Waals surface area contributed by atoms with Crippen LogP contribution >= 0.6 is 34.8 Å². The highest BCUT2D eigenvalue weighted by Crippen LogP contribution is 2.29. The SMILES string of the molecule is CNC(Cc1ccc(Cl)c(Cl)c1)c1ccc(F)cc1Cl. The molecule has 20 heavy (non-hydrogen) atoms. The predicted octanol–water partition coefficient (Wildman–Crippen LogP) is 5.29. The summed E-state index contributed by atoms with van der Waals surface area (Å²) in [5.41, 5.74) is 1.88. The average Bonchev–Trinajstić information content (AvgIpc) is 2.41. The van der Waals surface area contributed by atoms with Crippen molar-refractivity contribution in [2.45, 2.75) is 12.5 Å². The van der Waals surface area contributed by atoms with Gasteiger partial charge in [0.05, 0.1) is 10.0 Å². The summed E-state index contributed by atoms with van der Waals surface area (Å²) in [6.45, 7) is 0. The van der Waals surface area contributed by atoms with E-state index in [1.807, 2.05) is 19.2 Å². The number of nitrogens with one attached hydrogen (secondary N) is 1. The summed E-state index contributed by atoms with van der Waals surface area (Å²) in [5.74, 6) is -0.344. The summed E-state index contributed by atoms with van der Waals surface area (Å²) in [6.07, 6.45) is 0.679. The minimum absolute atomic E-state index is 0.0275. The molecule has 0 heterocycles. The molecule has 0 fully saturated rings. The van der Waals surface area contributed by atoms with Crippen LogP contribution in [0.3, 0.4) is 0 Å². The zero-order chi connectivity index (χ0) is 14.7. The topological polar surface area (TPSA) is 12.0 Å². The molecule has 0 bridgehead atoms. The van der Waals surface area contributed by atoms with Crippen LogP contribution in [0.2, 0.25) is 15.1 Å². The zero-order valence-corrected chi connectivity index (χ0v) is 13.0. The first-order chi connectivity index (χ1) is 9.51. The highest BCUT2D eigenvalue weighted by atomic mass is 35.5. The fourth-order valence-electron chi connectivity index (χ4n) is 2.05. The monoisotopic (exact) mass is 331 g/mol. The molecule has 2 aromatic rings. The largest absolute Gasteiger partial charge is 0.313 e. The molecule has 0 spiro atoms. The number of hydrogen-bond donors (Lipinski definition) is 1. The Labute approximate surface area is 132 Å². The van der Waals surface area contributed by atoms with Crippen LogP contribution in [-0.4, -0.2) is 7.05 Å². The van der Waals surface area contributed by atoms with Crippen LogP contribution in [-0.2, 0) is 6.42 Å². The van der Waals surface area contributed by atoms with Crippen LogP contribution in [0, 0.1) is 5.82 Å². The second kappa shape index (κ2) is 6.77. The summed E-state index contributed by atoms with van der Waals surface area (Å²) in [5, 5.41) is 4.63. The molecule has 1 unspecified atom stereocenters. The number of benzene rings is 2. The summed E-state index contributed by atoms with van der Waals surface area (Å²) >= 11 is 18.0. The van der Waals surface area contributed by atoms with Gasteiger partial charge in [0.1, 0.15) is 5.82 Å². The van der Waals surface area contributed by atoms with Gasteiger partial charge < -0.3 is 5.32 Å². The maximum Gasteiger partial charge on any atom is 0.124 e. The Kier molecular flexibility index (Phi) is 5.28. The van der Waals surface area contributed by atoms with E-state index in [4.69, 9.17) is 34.8 Å². The Morgan fingerprint density at radius 2 is 1.75 bits per heavy atom. The van der Waals surface area contributed by atoms with Crippen molar-refractivity contribution in [3.05, 3.63) is 68.4 Å². The van der Waals surface area contributed by atoms with E-state index in [1.54, 1.807) is 12.1 Å². The summed E-state index contributed by atoms with van der Waals surface area (Å²) in [4.78, 5) is 0. The van der Waals surface area contributed by atoms with Crippen molar-refractivity contribution in [2.24, 2.45) is 0 Å². The second-order valence-electron chi connectivity index (χ2n) is 4.46. The third kappa shape index (κ3) is 3.64. The lowest BCUT2D eigenvalue weighted by Gasteiger charge is -2.18. The van der Waals surface area contributed by atoms with Gasteiger partial charge in [0.2, 0.25) is 0 Å². The fourth-order valence-corrected chi connectivity index (χ4v) is 2.67. The lowest BCUT2D eigenvalue weighted by Crippen LogP contribution is -2.19. The maximum atomic E-state index is 13.1. The molecule has 0 aromatic heterocycles. The van der Waals surface area contributed by atoms with Crippen molar-refractivity contribution in [3.8, 4) is 0 Å². The number of halogens is 4. The van der Waals surface area contributed by atoms with Gasteiger partial charge in [0.15, 0.2) is 0 Å². The number of likely N-dealkylation sites (N-methyl/N-ethyl adjacent to an activating group) is 1. The van der Waals surface area contributed by atoms with E-state index >= 15 is 0 Å². The van der Waals surface area contributed by atoms with E-state index in [2.05, 4.69) is 5.32 Å². The van der Waals surface area contributed by atoms with Crippen LogP contribution < -0.4 is 5.32 Å². The van der Waals surface area contributed by atoms with E-state index < -0.39 is 0 Å². The Bertz CT molecular complexity index is 616. The number of rotatable bonds is 4. The van der Waals surface area contributed by atoms with Gasteiger partial charge >= 0.3 is 0 Å². The fraction of sp³-hybridized carbons (Fsp3) is 0.200. The molecule has 1 nitrogen and oxygen atoms in total. The van der Waals surface area contributed by atoms with Gasteiger partial charge in [-0.25, -0.2) is 4.39 Å². The maximum absolute atomic E-state index is 13.1. The van der Waals surface area contributed by atoms with Crippen molar-refractivity contribution >= 4 is 34.8 Å². The smallest absolute Gasteiger partial charge is 0.124 e. The van der Waals surface area contributed by atoms with Gasteiger partial charge in [-0.1, -0.05) is 46.9 Å². The Morgan fingerprint density at radius 3 is 2.35 bits per heavy atom.